The third kappa shape index (κ3) is 6.81. The standard InChI is InChI=1S/C20H24ClN3O5S2/c1-23(8-13-29-17-4-2-16(21)3-5-17)20(25)15-30-19-7-6-18(14-22-19)31(26,27)24-9-11-28-12-10-24/h2-7,14H,8-13,15H2,1H3. The van der Waals surface area contributed by atoms with Gasteiger partial charge in [0, 0.05) is 31.4 Å². The van der Waals surface area contributed by atoms with Gasteiger partial charge in [0.05, 0.1) is 30.5 Å². The third-order valence-electron chi connectivity index (χ3n) is 4.60. The Morgan fingerprint density at radius 2 is 1.94 bits per heavy atom. The Hall–Kier alpha value is -1.85. The molecule has 2 aromatic rings. The molecule has 3 rings (SSSR count). The molecular weight excluding hydrogens is 462 g/mol. The number of carbonyl (C=O) groups excluding carboxylic acids is 1. The molecule has 0 spiro atoms. The molecule has 1 aromatic heterocycles. The maximum Gasteiger partial charge on any atom is 0.244 e. The van der Waals surface area contributed by atoms with E-state index in [1.165, 1.54) is 28.3 Å². The Kier molecular flexibility index (Phi) is 8.56. The SMILES string of the molecule is CN(CCOc1ccc(Cl)cc1)C(=O)CSc1ccc(S(=O)(=O)N2CCOCC2)cn1. The molecule has 1 aliphatic rings. The first-order valence-corrected chi connectivity index (χ1v) is 12.5. The Morgan fingerprint density at radius 3 is 2.58 bits per heavy atom. The van der Waals surface area contributed by atoms with E-state index in [0.29, 0.717) is 55.3 Å². The maximum atomic E-state index is 12.6. The van der Waals surface area contributed by atoms with Crippen LogP contribution in [-0.4, -0.2) is 80.8 Å². The number of thioether (sulfide) groups is 1. The number of hydrogen-bond acceptors (Lipinski definition) is 7. The Bertz CT molecular complexity index is 965. The van der Waals surface area contributed by atoms with Gasteiger partial charge in [-0.15, -0.1) is 0 Å². The molecule has 8 nitrogen and oxygen atoms in total. The first kappa shape index (κ1) is 23.8. The van der Waals surface area contributed by atoms with E-state index in [2.05, 4.69) is 4.98 Å². The number of morpholine rings is 1. The predicted octanol–water partition coefficient (Wildman–Crippen LogP) is 2.39. The lowest BCUT2D eigenvalue weighted by molar-refractivity contribution is -0.127. The number of aromatic nitrogens is 1. The fraction of sp³-hybridized carbons (Fsp3) is 0.400. The summed E-state index contributed by atoms with van der Waals surface area (Å²) in [5.41, 5.74) is 0. The van der Waals surface area contributed by atoms with Crippen molar-refractivity contribution in [2.75, 3.05) is 52.3 Å². The number of ether oxygens (including phenoxy) is 2. The highest BCUT2D eigenvalue weighted by Gasteiger charge is 2.26. The number of halogens is 1. The van der Waals surface area contributed by atoms with Crippen LogP contribution in [0.25, 0.3) is 0 Å². The number of amides is 1. The lowest BCUT2D eigenvalue weighted by Crippen LogP contribution is -2.40. The number of likely N-dealkylation sites (N-methyl/N-ethyl adjacent to an activating group) is 1. The van der Waals surface area contributed by atoms with Crippen LogP contribution < -0.4 is 4.74 Å². The summed E-state index contributed by atoms with van der Waals surface area (Å²) in [7, 11) is -1.87. The summed E-state index contributed by atoms with van der Waals surface area (Å²) in [4.78, 5) is 18.2. The second-order valence-electron chi connectivity index (χ2n) is 6.75. The number of pyridine rings is 1. The molecular formula is C20H24ClN3O5S2. The Labute approximate surface area is 191 Å². The van der Waals surface area contributed by atoms with Gasteiger partial charge in [-0.3, -0.25) is 4.79 Å². The molecule has 1 fully saturated rings. The zero-order chi connectivity index (χ0) is 22.3. The van der Waals surface area contributed by atoms with Crippen molar-refractivity contribution in [1.29, 1.82) is 0 Å². The molecule has 0 aliphatic carbocycles. The van der Waals surface area contributed by atoms with Gasteiger partial charge in [-0.05, 0) is 36.4 Å². The minimum atomic E-state index is -3.57. The van der Waals surface area contributed by atoms with Crippen molar-refractivity contribution >= 4 is 39.3 Å². The number of sulfonamides is 1. The molecule has 31 heavy (non-hydrogen) atoms. The topological polar surface area (TPSA) is 89.0 Å². The molecule has 168 valence electrons. The quantitative estimate of drug-likeness (QED) is 0.504. The summed E-state index contributed by atoms with van der Waals surface area (Å²) in [6.07, 6.45) is 1.33. The van der Waals surface area contributed by atoms with Gasteiger partial charge in [-0.2, -0.15) is 4.31 Å². The van der Waals surface area contributed by atoms with Crippen molar-refractivity contribution in [3.05, 3.63) is 47.6 Å². The van der Waals surface area contributed by atoms with Crippen LogP contribution in [0, 0.1) is 0 Å². The second-order valence-corrected chi connectivity index (χ2v) is 10.1. The van der Waals surface area contributed by atoms with Crippen molar-refractivity contribution in [2.24, 2.45) is 0 Å². The lowest BCUT2D eigenvalue weighted by Gasteiger charge is -2.25. The lowest BCUT2D eigenvalue weighted by atomic mass is 10.3. The average molecular weight is 486 g/mol. The fourth-order valence-corrected chi connectivity index (χ4v) is 5.01. The minimum absolute atomic E-state index is 0.0727. The van der Waals surface area contributed by atoms with E-state index in [-0.39, 0.29) is 16.6 Å². The predicted molar refractivity (Wildman–Crippen MR) is 119 cm³/mol. The summed E-state index contributed by atoms with van der Waals surface area (Å²) in [5, 5.41) is 1.22. The van der Waals surface area contributed by atoms with Crippen molar-refractivity contribution < 1.29 is 22.7 Å². The molecule has 1 saturated heterocycles. The summed E-state index contributed by atoms with van der Waals surface area (Å²) in [6.45, 7) is 2.25. The molecule has 0 radical (unpaired) electrons. The zero-order valence-electron chi connectivity index (χ0n) is 17.1. The van der Waals surface area contributed by atoms with Gasteiger partial charge in [0.1, 0.15) is 17.3 Å². The maximum absolute atomic E-state index is 12.6. The Balaban J connectivity index is 1.44. The highest BCUT2D eigenvalue weighted by molar-refractivity contribution is 7.99. The van der Waals surface area contributed by atoms with Crippen molar-refractivity contribution in [3.63, 3.8) is 0 Å². The molecule has 0 bridgehead atoms. The van der Waals surface area contributed by atoms with Crippen LogP contribution in [0.4, 0.5) is 0 Å². The van der Waals surface area contributed by atoms with Crippen LogP contribution in [0.5, 0.6) is 5.75 Å². The van der Waals surface area contributed by atoms with Gasteiger partial charge in [-0.1, -0.05) is 23.4 Å². The number of hydrogen-bond donors (Lipinski definition) is 0. The van der Waals surface area contributed by atoms with Crippen LogP contribution in [0.3, 0.4) is 0 Å². The van der Waals surface area contributed by atoms with E-state index in [4.69, 9.17) is 21.1 Å². The van der Waals surface area contributed by atoms with E-state index < -0.39 is 10.0 Å². The molecule has 0 atom stereocenters. The first-order valence-electron chi connectivity index (χ1n) is 9.65. The van der Waals surface area contributed by atoms with E-state index in [9.17, 15) is 13.2 Å². The van der Waals surface area contributed by atoms with Crippen LogP contribution in [0.2, 0.25) is 5.02 Å². The molecule has 0 unspecified atom stereocenters. The number of carbonyl (C=O) groups is 1. The van der Waals surface area contributed by atoms with Crippen molar-refractivity contribution in [1.82, 2.24) is 14.2 Å². The second kappa shape index (κ2) is 11.1. The van der Waals surface area contributed by atoms with Crippen LogP contribution in [-0.2, 0) is 19.6 Å². The molecule has 0 saturated carbocycles. The molecule has 0 N–H and O–H groups in total. The monoisotopic (exact) mass is 485 g/mol. The fourth-order valence-electron chi connectivity index (χ4n) is 2.74. The Morgan fingerprint density at radius 1 is 1.23 bits per heavy atom. The summed E-state index contributed by atoms with van der Waals surface area (Å²) >= 11 is 7.09. The van der Waals surface area contributed by atoms with Crippen LogP contribution in [0.15, 0.2) is 52.5 Å². The van der Waals surface area contributed by atoms with Gasteiger partial charge >= 0.3 is 0 Å². The molecule has 11 heteroatoms. The highest BCUT2D eigenvalue weighted by Crippen LogP contribution is 2.21. The number of benzene rings is 1. The summed E-state index contributed by atoms with van der Waals surface area (Å²) in [5.74, 6) is 0.812. The van der Waals surface area contributed by atoms with Crippen molar-refractivity contribution in [2.45, 2.75) is 9.92 Å². The van der Waals surface area contributed by atoms with Gasteiger partial charge < -0.3 is 14.4 Å². The van der Waals surface area contributed by atoms with E-state index in [1.807, 2.05) is 0 Å². The van der Waals surface area contributed by atoms with E-state index in [0.717, 1.165) is 0 Å². The number of rotatable bonds is 9. The number of nitrogens with zero attached hydrogens (tertiary/aromatic N) is 3. The third-order valence-corrected chi connectivity index (χ3v) is 7.66. The van der Waals surface area contributed by atoms with Gasteiger partial charge in [0.2, 0.25) is 15.9 Å². The zero-order valence-corrected chi connectivity index (χ0v) is 19.5. The van der Waals surface area contributed by atoms with Gasteiger partial charge in [-0.25, -0.2) is 13.4 Å². The summed E-state index contributed by atoms with van der Waals surface area (Å²) in [6, 6.07) is 10.2. The van der Waals surface area contributed by atoms with Crippen LogP contribution in [0.1, 0.15) is 0 Å². The first-order chi connectivity index (χ1) is 14.9. The van der Waals surface area contributed by atoms with Gasteiger partial charge in [0.25, 0.3) is 0 Å². The largest absolute Gasteiger partial charge is 0.492 e. The summed E-state index contributed by atoms with van der Waals surface area (Å²) < 4.78 is 37.4. The highest BCUT2D eigenvalue weighted by atomic mass is 35.5. The minimum Gasteiger partial charge on any atom is -0.492 e. The average Bonchev–Trinajstić information content (AvgIpc) is 2.79. The smallest absolute Gasteiger partial charge is 0.244 e. The molecule has 1 amide bonds. The van der Waals surface area contributed by atoms with E-state index in [1.54, 1.807) is 42.3 Å². The van der Waals surface area contributed by atoms with E-state index >= 15 is 0 Å². The molecule has 1 aromatic carbocycles. The molecule has 2 heterocycles. The van der Waals surface area contributed by atoms with Gasteiger partial charge in [0.15, 0.2) is 0 Å². The van der Waals surface area contributed by atoms with Crippen LogP contribution >= 0.6 is 23.4 Å². The normalized spacial score (nSPS) is 14.9. The van der Waals surface area contributed by atoms with Crippen molar-refractivity contribution in [3.8, 4) is 5.75 Å². The molecule has 1 aliphatic heterocycles.